The molecule has 0 unspecified atom stereocenters. The second-order valence-corrected chi connectivity index (χ2v) is 7.99. The predicted molar refractivity (Wildman–Crippen MR) is 115 cm³/mol. The zero-order valence-corrected chi connectivity index (χ0v) is 16.5. The van der Waals surface area contributed by atoms with Gasteiger partial charge in [0.05, 0.1) is 15.8 Å². The molecule has 3 aromatic carbocycles. The summed E-state index contributed by atoms with van der Waals surface area (Å²) in [5.74, 6) is -1.02. The lowest BCUT2D eigenvalue weighted by Gasteiger charge is -2.14. The first-order valence-corrected chi connectivity index (χ1v) is 10.2. The van der Waals surface area contributed by atoms with E-state index in [1.807, 2.05) is 24.3 Å². The Bertz CT molecular complexity index is 1250. The van der Waals surface area contributed by atoms with E-state index in [1.165, 1.54) is 34.6 Å². The minimum absolute atomic E-state index is 0.0170. The third-order valence-corrected chi connectivity index (χ3v) is 6.12. The molecule has 6 nitrogen and oxygen atoms in total. The summed E-state index contributed by atoms with van der Waals surface area (Å²) in [6, 6.07) is 20.9. The Labute approximate surface area is 175 Å². The van der Waals surface area contributed by atoms with Crippen molar-refractivity contribution >= 4 is 38.7 Å². The van der Waals surface area contributed by atoms with Crippen molar-refractivity contribution in [3.05, 3.63) is 83.4 Å². The van der Waals surface area contributed by atoms with Crippen LogP contribution in [0.3, 0.4) is 0 Å². The quantitative estimate of drug-likeness (QED) is 0.468. The Balaban J connectivity index is 1.31. The molecule has 0 fully saturated rings. The Morgan fingerprint density at radius 1 is 1.00 bits per heavy atom. The largest absolute Gasteiger partial charge is 0.478 e. The topological polar surface area (TPSA) is 88.5 Å². The van der Waals surface area contributed by atoms with Crippen LogP contribution in [0, 0.1) is 0 Å². The number of nitrogens with one attached hydrogen (secondary N) is 1. The summed E-state index contributed by atoms with van der Waals surface area (Å²) in [6.07, 6.45) is -0.589. The van der Waals surface area contributed by atoms with Crippen LogP contribution in [-0.4, -0.2) is 28.8 Å². The molecule has 148 valence electrons. The van der Waals surface area contributed by atoms with Gasteiger partial charge in [0.25, 0.3) is 0 Å². The van der Waals surface area contributed by atoms with Crippen LogP contribution in [0.25, 0.3) is 21.3 Å². The molecule has 1 amide bonds. The van der Waals surface area contributed by atoms with Gasteiger partial charge in [-0.2, -0.15) is 0 Å². The summed E-state index contributed by atoms with van der Waals surface area (Å²) < 4.78 is 6.21. The van der Waals surface area contributed by atoms with Crippen molar-refractivity contribution in [2.75, 3.05) is 11.9 Å². The zero-order valence-electron chi connectivity index (χ0n) is 15.7. The van der Waals surface area contributed by atoms with E-state index < -0.39 is 12.1 Å². The lowest BCUT2D eigenvalue weighted by atomic mass is 9.98. The van der Waals surface area contributed by atoms with E-state index in [2.05, 4.69) is 34.6 Å². The van der Waals surface area contributed by atoms with Crippen LogP contribution in [-0.2, 0) is 4.74 Å². The molecule has 1 heterocycles. The standard InChI is InChI=1S/C23H16N2O4S/c26-21(27)13-9-10-19-20(11-13)30-22(24-19)25-23(28)29-12-18-16-7-3-1-5-14(16)15-6-2-4-8-17(15)18/h1-11,18H,12H2,(H,26,27)(H,24,25,28). The molecule has 7 heteroatoms. The van der Waals surface area contributed by atoms with Crippen LogP contribution >= 0.6 is 11.3 Å². The highest BCUT2D eigenvalue weighted by Crippen LogP contribution is 2.44. The summed E-state index contributed by atoms with van der Waals surface area (Å²) in [4.78, 5) is 27.8. The summed E-state index contributed by atoms with van der Waals surface area (Å²) in [6.45, 7) is 0.216. The minimum atomic E-state index is -1.00. The first-order valence-electron chi connectivity index (χ1n) is 9.36. The number of hydrogen-bond acceptors (Lipinski definition) is 5. The van der Waals surface area contributed by atoms with Gasteiger partial charge in [-0.05, 0) is 40.5 Å². The maximum absolute atomic E-state index is 12.4. The lowest BCUT2D eigenvalue weighted by Crippen LogP contribution is -2.17. The fraction of sp³-hybridized carbons (Fsp3) is 0.0870. The van der Waals surface area contributed by atoms with E-state index in [9.17, 15) is 9.59 Å². The first kappa shape index (κ1) is 18.3. The number of amides is 1. The molecule has 0 radical (unpaired) electrons. The molecular weight excluding hydrogens is 400 g/mol. The van der Waals surface area contributed by atoms with Gasteiger partial charge in [-0.1, -0.05) is 59.9 Å². The first-order chi connectivity index (χ1) is 14.6. The number of nitrogens with zero attached hydrogens (tertiary/aromatic N) is 1. The molecule has 1 aliphatic rings. The number of fused-ring (bicyclic) bond motifs is 4. The van der Waals surface area contributed by atoms with Crippen LogP contribution in [0.1, 0.15) is 27.4 Å². The van der Waals surface area contributed by atoms with Gasteiger partial charge in [0, 0.05) is 5.92 Å². The van der Waals surface area contributed by atoms with Crippen LogP contribution in [0.2, 0.25) is 0 Å². The third kappa shape index (κ3) is 3.19. The van der Waals surface area contributed by atoms with Gasteiger partial charge < -0.3 is 9.84 Å². The highest BCUT2D eigenvalue weighted by Gasteiger charge is 2.29. The molecule has 30 heavy (non-hydrogen) atoms. The van der Waals surface area contributed by atoms with Crippen molar-refractivity contribution in [3.8, 4) is 11.1 Å². The van der Waals surface area contributed by atoms with E-state index in [0.29, 0.717) is 15.3 Å². The van der Waals surface area contributed by atoms with E-state index in [-0.39, 0.29) is 18.1 Å². The van der Waals surface area contributed by atoms with Crippen LogP contribution in [0.15, 0.2) is 66.7 Å². The van der Waals surface area contributed by atoms with E-state index >= 15 is 0 Å². The second kappa shape index (κ2) is 7.27. The number of hydrogen-bond donors (Lipinski definition) is 2. The number of benzene rings is 3. The van der Waals surface area contributed by atoms with Crippen LogP contribution < -0.4 is 5.32 Å². The molecule has 1 aromatic heterocycles. The highest BCUT2D eigenvalue weighted by molar-refractivity contribution is 7.22. The van der Waals surface area contributed by atoms with Crippen LogP contribution in [0.5, 0.6) is 0 Å². The Kier molecular flexibility index (Phi) is 4.44. The molecule has 0 saturated carbocycles. The fourth-order valence-electron chi connectivity index (χ4n) is 3.83. The predicted octanol–water partition coefficient (Wildman–Crippen LogP) is 5.36. The fourth-order valence-corrected chi connectivity index (χ4v) is 4.72. The molecule has 0 aliphatic heterocycles. The Hall–Kier alpha value is -3.71. The molecular formula is C23H16N2O4S. The summed E-state index contributed by atoms with van der Waals surface area (Å²) in [7, 11) is 0. The third-order valence-electron chi connectivity index (χ3n) is 5.19. The summed E-state index contributed by atoms with van der Waals surface area (Å²) in [5.41, 5.74) is 5.43. The van der Waals surface area contributed by atoms with Gasteiger partial charge >= 0.3 is 12.1 Å². The van der Waals surface area contributed by atoms with E-state index in [4.69, 9.17) is 9.84 Å². The van der Waals surface area contributed by atoms with Crippen molar-refractivity contribution in [1.29, 1.82) is 0 Å². The number of rotatable bonds is 4. The lowest BCUT2D eigenvalue weighted by molar-refractivity contribution is 0.0697. The number of thiazole rings is 1. The van der Waals surface area contributed by atoms with E-state index in [0.717, 1.165) is 11.1 Å². The number of aromatic carboxylic acids is 1. The van der Waals surface area contributed by atoms with Gasteiger partial charge in [-0.3, -0.25) is 5.32 Å². The average Bonchev–Trinajstić information content (AvgIpc) is 3.30. The maximum Gasteiger partial charge on any atom is 0.413 e. The molecule has 5 rings (SSSR count). The van der Waals surface area contributed by atoms with Crippen molar-refractivity contribution in [1.82, 2.24) is 4.98 Å². The number of carbonyl (C=O) groups is 2. The van der Waals surface area contributed by atoms with Gasteiger partial charge in [0.15, 0.2) is 5.13 Å². The molecule has 0 saturated heterocycles. The normalized spacial score (nSPS) is 12.4. The average molecular weight is 416 g/mol. The van der Waals surface area contributed by atoms with Crippen molar-refractivity contribution in [2.45, 2.75) is 5.92 Å². The number of anilines is 1. The SMILES string of the molecule is O=C(Nc1nc2ccc(C(=O)O)cc2s1)OCC1c2ccccc2-c2ccccc21. The van der Waals surface area contributed by atoms with Crippen molar-refractivity contribution < 1.29 is 19.4 Å². The van der Waals surface area contributed by atoms with Crippen molar-refractivity contribution in [2.24, 2.45) is 0 Å². The molecule has 2 N–H and O–H groups in total. The maximum atomic E-state index is 12.4. The summed E-state index contributed by atoms with van der Waals surface area (Å²) >= 11 is 1.21. The number of aromatic nitrogens is 1. The molecule has 0 bridgehead atoms. The monoisotopic (exact) mass is 416 g/mol. The number of carboxylic acids is 1. The Morgan fingerprint density at radius 2 is 1.67 bits per heavy atom. The second-order valence-electron chi connectivity index (χ2n) is 6.96. The van der Waals surface area contributed by atoms with Gasteiger partial charge in [0.1, 0.15) is 6.61 Å². The smallest absolute Gasteiger partial charge is 0.413 e. The summed E-state index contributed by atoms with van der Waals surface area (Å²) in [5, 5.41) is 12.1. The van der Waals surface area contributed by atoms with Gasteiger partial charge in [-0.25, -0.2) is 14.6 Å². The van der Waals surface area contributed by atoms with Gasteiger partial charge in [0.2, 0.25) is 0 Å². The van der Waals surface area contributed by atoms with Crippen molar-refractivity contribution in [3.63, 3.8) is 0 Å². The molecule has 0 spiro atoms. The zero-order chi connectivity index (χ0) is 20.7. The van der Waals surface area contributed by atoms with Crippen LogP contribution in [0.4, 0.5) is 9.93 Å². The van der Waals surface area contributed by atoms with E-state index in [1.54, 1.807) is 6.07 Å². The number of carboxylic acid groups (broad SMARTS) is 1. The highest BCUT2D eigenvalue weighted by atomic mass is 32.1. The molecule has 1 aliphatic carbocycles. The molecule has 0 atom stereocenters. The number of carbonyl (C=O) groups excluding carboxylic acids is 1. The number of ether oxygens (including phenoxy) is 1. The minimum Gasteiger partial charge on any atom is -0.478 e. The Morgan fingerprint density at radius 3 is 2.33 bits per heavy atom. The van der Waals surface area contributed by atoms with Gasteiger partial charge in [-0.15, -0.1) is 0 Å². The molecule has 4 aromatic rings.